The Balaban J connectivity index is 2.35. The molecule has 0 aliphatic rings. The molecular formula is C14H12ClNO2. The summed E-state index contributed by atoms with van der Waals surface area (Å²) < 4.78 is 0.760. The summed E-state index contributed by atoms with van der Waals surface area (Å²) in [6, 6.07) is 11.4. The number of hydrogen-bond donors (Lipinski definition) is 1. The summed E-state index contributed by atoms with van der Waals surface area (Å²) in [4.78, 5) is 0. The monoisotopic (exact) mass is 261 g/mol. The fourth-order valence-electron chi connectivity index (χ4n) is 1.58. The van der Waals surface area contributed by atoms with Crippen molar-refractivity contribution < 1.29 is 9.85 Å². The van der Waals surface area contributed by atoms with Gasteiger partial charge in [0.05, 0.1) is 0 Å². The number of hydrogen-bond acceptors (Lipinski definition) is 2. The van der Waals surface area contributed by atoms with E-state index in [4.69, 9.17) is 16.7 Å². The predicted molar refractivity (Wildman–Crippen MR) is 72.7 cm³/mol. The Kier molecular flexibility index (Phi) is 3.53. The third-order valence-corrected chi connectivity index (χ3v) is 2.83. The van der Waals surface area contributed by atoms with Gasteiger partial charge in [-0.25, -0.2) is 0 Å². The van der Waals surface area contributed by atoms with Gasteiger partial charge in [0.15, 0.2) is 6.21 Å². The van der Waals surface area contributed by atoms with Crippen molar-refractivity contribution in [3.63, 3.8) is 0 Å². The largest absolute Gasteiger partial charge is 0.618 e. The standard InChI is InChI=1S/C14H12ClNO2/c1-10-8-12(15)3-2-11(10)9-16(18)13-4-6-14(17)7-5-13/h2-9,17H,1H3. The average molecular weight is 262 g/mol. The predicted octanol–water partition coefficient (Wildman–Crippen LogP) is 3.61. The summed E-state index contributed by atoms with van der Waals surface area (Å²) in [6.45, 7) is 1.89. The van der Waals surface area contributed by atoms with Crippen LogP contribution in [0.2, 0.25) is 5.02 Å². The van der Waals surface area contributed by atoms with Crippen molar-refractivity contribution in [2.24, 2.45) is 0 Å². The molecule has 0 saturated carbocycles. The van der Waals surface area contributed by atoms with Crippen LogP contribution in [0.4, 0.5) is 5.69 Å². The first kappa shape index (κ1) is 12.5. The third-order valence-electron chi connectivity index (χ3n) is 2.59. The number of phenolic OH excluding ortho intramolecular Hbond substituents is 1. The first-order valence-corrected chi connectivity index (χ1v) is 5.80. The maximum absolute atomic E-state index is 11.9. The average Bonchev–Trinajstić information content (AvgIpc) is 2.33. The molecule has 0 atom stereocenters. The normalized spacial score (nSPS) is 11.6. The van der Waals surface area contributed by atoms with E-state index >= 15 is 0 Å². The highest BCUT2D eigenvalue weighted by Gasteiger charge is 2.04. The maximum Gasteiger partial charge on any atom is 0.216 e. The molecular weight excluding hydrogens is 250 g/mol. The van der Waals surface area contributed by atoms with Gasteiger partial charge in [0.2, 0.25) is 5.69 Å². The van der Waals surface area contributed by atoms with Crippen LogP contribution >= 0.6 is 11.6 Å². The molecule has 0 saturated heterocycles. The van der Waals surface area contributed by atoms with Gasteiger partial charge in [-0.15, -0.1) is 0 Å². The molecule has 0 aliphatic carbocycles. The Morgan fingerprint density at radius 3 is 2.44 bits per heavy atom. The number of phenols is 1. The zero-order chi connectivity index (χ0) is 13.1. The summed E-state index contributed by atoms with van der Waals surface area (Å²) in [5, 5.41) is 21.7. The van der Waals surface area contributed by atoms with E-state index in [1.807, 2.05) is 6.92 Å². The molecule has 0 unspecified atom stereocenters. The van der Waals surface area contributed by atoms with Crippen LogP contribution in [0.5, 0.6) is 5.75 Å². The molecule has 0 aliphatic heterocycles. The molecule has 0 heterocycles. The molecule has 2 rings (SSSR count). The van der Waals surface area contributed by atoms with Gasteiger partial charge in [0.1, 0.15) is 5.75 Å². The van der Waals surface area contributed by atoms with Crippen molar-refractivity contribution in [2.75, 3.05) is 0 Å². The van der Waals surface area contributed by atoms with Gasteiger partial charge in [-0.05, 0) is 42.8 Å². The second kappa shape index (κ2) is 5.10. The zero-order valence-electron chi connectivity index (χ0n) is 9.80. The van der Waals surface area contributed by atoms with Crippen LogP contribution in [-0.4, -0.2) is 16.1 Å². The lowest BCUT2D eigenvalue weighted by atomic mass is 10.1. The van der Waals surface area contributed by atoms with Crippen LogP contribution in [0.15, 0.2) is 42.5 Å². The van der Waals surface area contributed by atoms with Crippen molar-refractivity contribution >= 4 is 23.5 Å². The number of nitrogens with zero attached hydrogens (tertiary/aromatic N) is 1. The summed E-state index contributed by atoms with van der Waals surface area (Å²) in [7, 11) is 0. The second-order valence-corrected chi connectivity index (χ2v) is 4.41. The van der Waals surface area contributed by atoms with Gasteiger partial charge in [-0.2, -0.15) is 4.74 Å². The molecule has 2 aromatic carbocycles. The minimum atomic E-state index is 0.134. The van der Waals surface area contributed by atoms with Crippen molar-refractivity contribution in [3.05, 3.63) is 63.8 Å². The van der Waals surface area contributed by atoms with Crippen molar-refractivity contribution in [3.8, 4) is 5.75 Å². The van der Waals surface area contributed by atoms with Crippen LogP contribution in [0.1, 0.15) is 11.1 Å². The van der Waals surface area contributed by atoms with Crippen molar-refractivity contribution in [1.82, 2.24) is 0 Å². The molecule has 18 heavy (non-hydrogen) atoms. The van der Waals surface area contributed by atoms with Crippen LogP contribution in [0.25, 0.3) is 0 Å². The van der Waals surface area contributed by atoms with E-state index in [0.29, 0.717) is 10.7 Å². The van der Waals surface area contributed by atoms with Gasteiger partial charge < -0.3 is 10.3 Å². The lowest BCUT2D eigenvalue weighted by Crippen LogP contribution is -2.00. The number of aromatic hydroxyl groups is 1. The SMILES string of the molecule is Cc1cc(Cl)ccc1C=[N+]([O-])c1ccc(O)cc1. The van der Waals surface area contributed by atoms with Crippen LogP contribution in [0, 0.1) is 12.1 Å². The summed E-state index contributed by atoms with van der Waals surface area (Å²) in [5.41, 5.74) is 2.20. The summed E-state index contributed by atoms with van der Waals surface area (Å²) in [5.74, 6) is 0.134. The number of aryl methyl sites for hydroxylation is 1. The third kappa shape index (κ3) is 2.81. The van der Waals surface area contributed by atoms with Gasteiger partial charge >= 0.3 is 0 Å². The molecule has 0 spiro atoms. The van der Waals surface area contributed by atoms with Gasteiger partial charge in [-0.3, -0.25) is 0 Å². The Labute approximate surface area is 110 Å². The van der Waals surface area contributed by atoms with E-state index in [0.717, 1.165) is 15.9 Å². The fraction of sp³-hybridized carbons (Fsp3) is 0.0714. The highest BCUT2D eigenvalue weighted by molar-refractivity contribution is 6.30. The summed E-state index contributed by atoms with van der Waals surface area (Å²) >= 11 is 5.85. The maximum atomic E-state index is 11.9. The Morgan fingerprint density at radius 1 is 1.17 bits per heavy atom. The molecule has 4 heteroatoms. The quantitative estimate of drug-likeness (QED) is 0.388. The van der Waals surface area contributed by atoms with Crippen LogP contribution in [0.3, 0.4) is 0 Å². The highest BCUT2D eigenvalue weighted by atomic mass is 35.5. The first-order chi connectivity index (χ1) is 8.56. The number of halogens is 1. The zero-order valence-corrected chi connectivity index (χ0v) is 10.6. The minimum absolute atomic E-state index is 0.134. The highest BCUT2D eigenvalue weighted by Crippen LogP contribution is 2.17. The Hall–Kier alpha value is -2.00. The molecule has 2 aromatic rings. The van der Waals surface area contributed by atoms with Crippen LogP contribution < -0.4 is 0 Å². The number of rotatable bonds is 2. The summed E-state index contributed by atoms with van der Waals surface area (Å²) in [6.07, 6.45) is 1.48. The fourth-order valence-corrected chi connectivity index (χ4v) is 1.81. The molecule has 0 radical (unpaired) electrons. The van der Waals surface area contributed by atoms with Crippen molar-refractivity contribution in [2.45, 2.75) is 6.92 Å². The smallest absolute Gasteiger partial charge is 0.216 e. The van der Waals surface area contributed by atoms with Gasteiger partial charge in [-0.1, -0.05) is 11.6 Å². The lowest BCUT2D eigenvalue weighted by Gasteiger charge is -2.04. The lowest BCUT2D eigenvalue weighted by molar-refractivity contribution is -0.354. The molecule has 1 N–H and O–H groups in total. The van der Waals surface area contributed by atoms with E-state index in [1.165, 1.54) is 18.3 Å². The van der Waals surface area contributed by atoms with Crippen LogP contribution in [-0.2, 0) is 0 Å². The van der Waals surface area contributed by atoms with Crippen molar-refractivity contribution in [1.29, 1.82) is 0 Å². The van der Waals surface area contributed by atoms with E-state index in [9.17, 15) is 5.21 Å². The molecule has 0 fully saturated rings. The molecule has 0 bridgehead atoms. The second-order valence-electron chi connectivity index (χ2n) is 3.97. The first-order valence-electron chi connectivity index (χ1n) is 5.43. The van der Waals surface area contributed by atoms with E-state index in [-0.39, 0.29) is 5.75 Å². The van der Waals surface area contributed by atoms with E-state index < -0.39 is 0 Å². The topological polar surface area (TPSA) is 46.3 Å². The Morgan fingerprint density at radius 2 is 1.83 bits per heavy atom. The Bertz CT molecular complexity index is 591. The molecule has 0 amide bonds. The molecule has 0 aromatic heterocycles. The molecule has 92 valence electrons. The van der Waals surface area contributed by atoms with Gasteiger partial charge in [0, 0.05) is 22.7 Å². The number of benzene rings is 2. The van der Waals surface area contributed by atoms with E-state index in [2.05, 4.69) is 0 Å². The molecule has 3 nitrogen and oxygen atoms in total. The minimum Gasteiger partial charge on any atom is -0.618 e. The van der Waals surface area contributed by atoms with Gasteiger partial charge in [0.25, 0.3) is 0 Å². The van der Waals surface area contributed by atoms with E-state index in [1.54, 1.807) is 30.3 Å².